The van der Waals surface area contributed by atoms with Crippen LogP contribution >= 0.6 is 11.8 Å². The molecule has 1 atom stereocenters. The molecule has 0 saturated heterocycles. The molecule has 1 rings (SSSR count). The third-order valence-corrected chi connectivity index (χ3v) is 3.96. The summed E-state index contributed by atoms with van der Waals surface area (Å²) in [6, 6.07) is 8.05. The molecule has 1 nitrogen and oxygen atoms in total. The summed E-state index contributed by atoms with van der Waals surface area (Å²) in [6.07, 6.45) is 0. The predicted molar refractivity (Wildman–Crippen MR) is 62.5 cm³/mol. The van der Waals surface area contributed by atoms with Gasteiger partial charge in [0.05, 0.1) is 6.61 Å². The molecular weight excluding hydrogens is 192 g/mol. The third kappa shape index (κ3) is 3.03. The minimum Gasteiger partial charge on any atom is -0.392 e. The first-order valence-corrected chi connectivity index (χ1v) is 5.88. The van der Waals surface area contributed by atoms with Crippen LogP contribution < -0.4 is 0 Å². The van der Waals surface area contributed by atoms with Gasteiger partial charge in [-0.2, -0.15) is 0 Å². The summed E-state index contributed by atoms with van der Waals surface area (Å²) in [5.41, 5.74) is 1.03. The van der Waals surface area contributed by atoms with Crippen LogP contribution in [0, 0.1) is 5.92 Å². The lowest BCUT2D eigenvalue weighted by Crippen LogP contribution is -2.05. The summed E-state index contributed by atoms with van der Waals surface area (Å²) < 4.78 is 0. The highest BCUT2D eigenvalue weighted by atomic mass is 32.2. The van der Waals surface area contributed by atoms with Gasteiger partial charge in [0.2, 0.25) is 0 Å². The number of hydrogen-bond acceptors (Lipinski definition) is 2. The number of benzene rings is 1. The standard InChI is InChI=1S/C12H18OS/c1-9(2)10(3)14-12-7-5-4-6-11(12)8-13/h4-7,9-10,13H,8H2,1-3H3. The second kappa shape index (κ2) is 5.42. The van der Waals surface area contributed by atoms with Crippen molar-refractivity contribution in [3.63, 3.8) is 0 Å². The number of thioether (sulfide) groups is 1. The molecule has 0 fully saturated rings. The first kappa shape index (κ1) is 11.6. The van der Waals surface area contributed by atoms with E-state index < -0.39 is 0 Å². The van der Waals surface area contributed by atoms with Gasteiger partial charge in [-0.05, 0) is 17.5 Å². The second-order valence-corrected chi connectivity index (χ2v) is 5.25. The van der Waals surface area contributed by atoms with E-state index in [1.165, 1.54) is 4.90 Å². The van der Waals surface area contributed by atoms with Gasteiger partial charge in [0.15, 0.2) is 0 Å². The maximum atomic E-state index is 9.16. The summed E-state index contributed by atoms with van der Waals surface area (Å²) in [7, 11) is 0. The van der Waals surface area contributed by atoms with Gasteiger partial charge in [-0.15, -0.1) is 11.8 Å². The number of aliphatic hydroxyl groups excluding tert-OH is 1. The van der Waals surface area contributed by atoms with Gasteiger partial charge in [0.25, 0.3) is 0 Å². The van der Waals surface area contributed by atoms with Crippen molar-refractivity contribution in [1.29, 1.82) is 0 Å². The first-order chi connectivity index (χ1) is 6.65. The van der Waals surface area contributed by atoms with Crippen LogP contribution in [0.3, 0.4) is 0 Å². The van der Waals surface area contributed by atoms with Crippen LogP contribution in [0.2, 0.25) is 0 Å². The molecule has 78 valence electrons. The number of aliphatic hydroxyl groups is 1. The van der Waals surface area contributed by atoms with Crippen molar-refractivity contribution >= 4 is 11.8 Å². The second-order valence-electron chi connectivity index (χ2n) is 3.83. The van der Waals surface area contributed by atoms with Crippen molar-refractivity contribution in [3.05, 3.63) is 29.8 Å². The quantitative estimate of drug-likeness (QED) is 0.769. The van der Waals surface area contributed by atoms with E-state index in [1.54, 1.807) is 0 Å². The Kier molecular flexibility index (Phi) is 4.49. The summed E-state index contributed by atoms with van der Waals surface area (Å²) in [5.74, 6) is 0.659. The lowest BCUT2D eigenvalue weighted by Gasteiger charge is -2.16. The molecule has 0 saturated carbocycles. The van der Waals surface area contributed by atoms with Gasteiger partial charge in [-0.25, -0.2) is 0 Å². The van der Waals surface area contributed by atoms with Gasteiger partial charge in [-0.1, -0.05) is 39.0 Å². The molecule has 0 bridgehead atoms. The Morgan fingerprint density at radius 2 is 1.86 bits per heavy atom. The topological polar surface area (TPSA) is 20.2 Å². The average Bonchev–Trinajstić information content (AvgIpc) is 2.18. The molecule has 2 heteroatoms. The Balaban J connectivity index is 2.75. The lowest BCUT2D eigenvalue weighted by atomic mass is 10.2. The molecule has 14 heavy (non-hydrogen) atoms. The Morgan fingerprint density at radius 3 is 2.43 bits per heavy atom. The summed E-state index contributed by atoms with van der Waals surface area (Å²) >= 11 is 1.84. The summed E-state index contributed by atoms with van der Waals surface area (Å²) in [4.78, 5) is 1.20. The highest BCUT2D eigenvalue weighted by Crippen LogP contribution is 2.30. The molecule has 0 aliphatic heterocycles. The predicted octanol–water partition coefficient (Wildman–Crippen LogP) is 3.32. The van der Waals surface area contributed by atoms with Crippen LogP contribution in [0.5, 0.6) is 0 Å². The zero-order valence-corrected chi connectivity index (χ0v) is 9.84. The van der Waals surface area contributed by atoms with E-state index in [0.717, 1.165) is 5.56 Å². The van der Waals surface area contributed by atoms with Crippen LogP contribution in [-0.2, 0) is 6.61 Å². The molecule has 1 aromatic carbocycles. The number of hydrogen-bond donors (Lipinski definition) is 1. The van der Waals surface area contributed by atoms with E-state index >= 15 is 0 Å². The van der Waals surface area contributed by atoms with Crippen molar-refractivity contribution in [2.75, 3.05) is 0 Å². The highest BCUT2D eigenvalue weighted by molar-refractivity contribution is 8.00. The van der Waals surface area contributed by atoms with Gasteiger partial charge < -0.3 is 5.11 Å². The molecule has 1 aromatic rings. The first-order valence-electron chi connectivity index (χ1n) is 5.00. The minimum absolute atomic E-state index is 0.133. The van der Waals surface area contributed by atoms with E-state index in [1.807, 2.05) is 30.0 Å². The molecule has 1 N–H and O–H groups in total. The van der Waals surface area contributed by atoms with Crippen LogP contribution in [-0.4, -0.2) is 10.4 Å². The molecule has 0 heterocycles. The maximum Gasteiger partial charge on any atom is 0.0692 e. The van der Waals surface area contributed by atoms with Crippen LogP contribution in [0.25, 0.3) is 0 Å². The summed E-state index contributed by atoms with van der Waals surface area (Å²) in [6.45, 7) is 6.80. The Morgan fingerprint density at radius 1 is 1.21 bits per heavy atom. The van der Waals surface area contributed by atoms with Gasteiger partial charge >= 0.3 is 0 Å². The molecule has 0 aliphatic rings. The normalized spacial score (nSPS) is 13.2. The van der Waals surface area contributed by atoms with E-state index in [2.05, 4.69) is 26.8 Å². The molecule has 0 aliphatic carbocycles. The van der Waals surface area contributed by atoms with Crippen molar-refractivity contribution in [3.8, 4) is 0 Å². The van der Waals surface area contributed by atoms with Crippen molar-refractivity contribution in [1.82, 2.24) is 0 Å². The van der Waals surface area contributed by atoms with E-state index in [4.69, 9.17) is 5.11 Å². The maximum absolute atomic E-state index is 9.16. The smallest absolute Gasteiger partial charge is 0.0692 e. The molecule has 1 unspecified atom stereocenters. The van der Waals surface area contributed by atoms with Gasteiger partial charge in [-0.3, -0.25) is 0 Å². The van der Waals surface area contributed by atoms with Crippen LogP contribution in [0.4, 0.5) is 0 Å². The minimum atomic E-state index is 0.133. The molecular formula is C12H18OS. The van der Waals surface area contributed by atoms with Crippen molar-refractivity contribution < 1.29 is 5.11 Å². The average molecular weight is 210 g/mol. The van der Waals surface area contributed by atoms with E-state index in [9.17, 15) is 0 Å². The summed E-state index contributed by atoms with van der Waals surface area (Å²) in [5, 5.41) is 9.74. The monoisotopic (exact) mass is 210 g/mol. The largest absolute Gasteiger partial charge is 0.392 e. The molecule has 0 radical (unpaired) electrons. The van der Waals surface area contributed by atoms with Crippen LogP contribution in [0.1, 0.15) is 26.3 Å². The highest BCUT2D eigenvalue weighted by Gasteiger charge is 2.10. The Bertz CT molecular complexity index is 283. The molecule has 0 spiro atoms. The number of rotatable bonds is 4. The van der Waals surface area contributed by atoms with E-state index in [0.29, 0.717) is 11.2 Å². The van der Waals surface area contributed by atoms with Gasteiger partial charge in [0.1, 0.15) is 0 Å². The zero-order valence-electron chi connectivity index (χ0n) is 9.03. The van der Waals surface area contributed by atoms with E-state index in [-0.39, 0.29) is 6.61 Å². The molecule has 0 aromatic heterocycles. The Hall–Kier alpha value is -0.470. The van der Waals surface area contributed by atoms with Crippen molar-refractivity contribution in [2.45, 2.75) is 37.5 Å². The fourth-order valence-corrected chi connectivity index (χ4v) is 2.20. The fraction of sp³-hybridized carbons (Fsp3) is 0.500. The van der Waals surface area contributed by atoms with Crippen LogP contribution in [0.15, 0.2) is 29.2 Å². The zero-order chi connectivity index (χ0) is 10.6. The van der Waals surface area contributed by atoms with Crippen molar-refractivity contribution in [2.24, 2.45) is 5.92 Å². The van der Waals surface area contributed by atoms with Gasteiger partial charge in [0, 0.05) is 10.1 Å². The molecule has 0 amide bonds. The third-order valence-electron chi connectivity index (χ3n) is 2.39. The lowest BCUT2D eigenvalue weighted by molar-refractivity contribution is 0.279. The SMILES string of the molecule is CC(C)C(C)Sc1ccccc1CO. The fourth-order valence-electron chi connectivity index (χ4n) is 1.09. The Labute approximate surface area is 90.5 Å².